The average Bonchev–Trinajstić information content (AvgIpc) is 2.83. The Labute approximate surface area is 218 Å². The van der Waals surface area contributed by atoms with Crippen LogP contribution < -0.4 is 0 Å². The van der Waals surface area contributed by atoms with Crippen LogP contribution >= 0.6 is 0 Å². The molecule has 0 saturated carbocycles. The Balaban J connectivity index is 3.76. The van der Waals surface area contributed by atoms with Crippen LogP contribution in [0, 0.1) is 0 Å². The summed E-state index contributed by atoms with van der Waals surface area (Å²) in [5.41, 5.74) is -1.38. The van der Waals surface area contributed by atoms with Crippen molar-refractivity contribution in [2.45, 2.75) is 187 Å². The first-order chi connectivity index (χ1) is 17.0. The van der Waals surface area contributed by atoms with Crippen LogP contribution in [0.3, 0.4) is 0 Å². The molecule has 0 rings (SSSR count). The van der Waals surface area contributed by atoms with Gasteiger partial charge in [0.2, 0.25) is 5.60 Å². The number of carboxylic acids is 1. The number of hydrogen-bond donors (Lipinski definition) is 1. The third-order valence-corrected chi connectivity index (χ3v) is 7.28. The Hall–Kier alpha value is -1.06. The molecule has 0 aliphatic carbocycles. The van der Waals surface area contributed by atoms with Crippen LogP contribution in [0.1, 0.15) is 181 Å². The van der Waals surface area contributed by atoms with Gasteiger partial charge in [0.15, 0.2) is 0 Å². The number of rotatable bonds is 27. The molecule has 0 bridgehead atoms. The highest BCUT2D eigenvalue weighted by molar-refractivity contribution is 5.81. The number of unbranched alkanes of at least 4 members (excludes halogenated alkanes) is 21. The van der Waals surface area contributed by atoms with Gasteiger partial charge in [0.1, 0.15) is 0 Å². The lowest BCUT2D eigenvalue weighted by molar-refractivity contribution is -0.177. The summed E-state index contributed by atoms with van der Waals surface area (Å²) in [6, 6.07) is 0. The molecule has 0 saturated heterocycles. The third kappa shape index (κ3) is 21.9. The Morgan fingerprint density at radius 1 is 0.543 bits per heavy atom. The van der Waals surface area contributed by atoms with Gasteiger partial charge in [-0.05, 0) is 26.2 Å². The predicted molar refractivity (Wildman–Crippen MR) is 149 cm³/mol. The number of carboxylic acid groups (broad SMARTS) is 1. The molecule has 4 heteroatoms. The standard InChI is InChI=1S/C31H60O4/c1-4-6-8-10-12-14-16-18-20-22-24-26-28-31(3,30(33)34)35-29(32)27-25-23-21-19-17-15-13-11-9-7-5-2/h4-28H2,1-3H3,(H,33,34). The van der Waals surface area contributed by atoms with Gasteiger partial charge < -0.3 is 9.84 Å². The van der Waals surface area contributed by atoms with Crippen molar-refractivity contribution in [3.63, 3.8) is 0 Å². The van der Waals surface area contributed by atoms with Gasteiger partial charge in [-0.3, -0.25) is 4.79 Å². The topological polar surface area (TPSA) is 63.6 Å². The van der Waals surface area contributed by atoms with Crippen LogP contribution in [0.5, 0.6) is 0 Å². The molecule has 0 heterocycles. The highest BCUT2D eigenvalue weighted by atomic mass is 16.6. The number of esters is 1. The van der Waals surface area contributed by atoms with Gasteiger partial charge in [0.05, 0.1) is 0 Å². The molecule has 0 aromatic carbocycles. The minimum Gasteiger partial charge on any atom is -0.478 e. The summed E-state index contributed by atoms with van der Waals surface area (Å²) in [4.78, 5) is 24.0. The monoisotopic (exact) mass is 496 g/mol. The quantitative estimate of drug-likeness (QED) is 0.0907. The van der Waals surface area contributed by atoms with Crippen molar-refractivity contribution in [2.24, 2.45) is 0 Å². The summed E-state index contributed by atoms with van der Waals surface area (Å²) in [6.45, 7) is 6.06. The van der Waals surface area contributed by atoms with Gasteiger partial charge in [0.25, 0.3) is 0 Å². The number of hydrogen-bond acceptors (Lipinski definition) is 3. The summed E-state index contributed by atoms with van der Waals surface area (Å²) in [7, 11) is 0. The number of carbonyl (C=O) groups is 2. The minimum absolute atomic E-state index is 0.332. The number of ether oxygens (including phenoxy) is 1. The lowest BCUT2D eigenvalue weighted by atomic mass is 9.97. The molecule has 35 heavy (non-hydrogen) atoms. The zero-order valence-electron chi connectivity index (χ0n) is 23.8. The summed E-state index contributed by atoms with van der Waals surface area (Å²) in [5, 5.41) is 9.64. The summed E-state index contributed by atoms with van der Waals surface area (Å²) >= 11 is 0. The fourth-order valence-electron chi connectivity index (χ4n) is 4.74. The van der Waals surface area contributed by atoms with Crippen molar-refractivity contribution >= 4 is 11.9 Å². The maximum Gasteiger partial charge on any atom is 0.347 e. The van der Waals surface area contributed by atoms with E-state index in [0.717, 1.165) is 38.5 Å². The molecule has 1 unspecified atom stereocenters. The highest BCUT2D eigenvalue weighted by Crippen LogP contribution is 2.22. The average molecular weight is 497 g/mol. The molecular weight excluding hydrogens is 436 g/mol. The Morgan fingerprint density at radius 2 is 0.857 bits per heavy atom. The van der Waals surface area contributed by atoms with E-state index in [0.29, 0.717) is 12.8 Å². The molecule has 1 N–H and O–H groups in total. The van der Waals surface area contributed by atoms with E-state index in [9.17, 15) is 14.7 Å². The maximum absolute atomic E-state index is 12.3. The molecule has 0 radical (unpaired) electrons. The smallest absolute Gasteiger partial charge is 0.347 e. The number of carbonyl (C=O) groups excluding carboxylic acids is 1. The molecule has 0 amide bonds. The van der Waals surface area contributed by atoms with E-state index in [1.165, 1.54) is 109 Å². The van der Waals surface area contributed by atoms with Gasteiger partial charge >= 0.3 is 11.9 Å². The van der Waals surface area contributed by atoms with Crippen molar-refractivity contribution in [2.75, 3.05) is 0 Å². The largest absolute Gasteiger partial charge is 0.478 e. The van der Waals surface area contributed by atoms with Gasteiger partial charge in [-0.2, -0.15) is 0 Å². The lowest BCUT2D eigenvalue weighted by Gasteiger charge is -2.25. The van der Waals surface area contributed by atoms with E-state index in [1.807, 2.05) is 0 Å². The van der Waals surface area contributed by atoms with Gasteiger partial charge in [-0.15, -0.1) is 0 Å². The molecular formula is C31H60O4. The Bertz CT molecular complexity index is 490. The van der Waals surface area contributed by atoms with E-state index in [1.54, 1.807) is 6.92 Å². The highest BCUT2D eigenvalue weighted by Gasteiger charge is 2.36. The summed E-state index contributed by atoms with van der Waals surface area (Å²) < 4.78 is 5.45. The second-order valence-electron chi connectivity index (χ2n) is 10.9. The Morgan fingerprint density at radius 3 is 1.20 bits per heavy atom. The molecule has 0 aliphatic heterocycles. The van der Waals surface area contributed by atoms with Crippen molar-refractivity contribution < 1.29 is 19.4 Å². The van der Waals surface area contributed by atoms with E-state index >= 15 is 0 Å². The maximum atomic E-state index is 12.3. The fourth-order valence-corrected chi connectivity index (χ4v) is 4.74. The number of aliphatic carboxylic acids is 1. The van der Waals surface area contributed by atoms with Crippen LogP contribution in [-0.2, 0) is 14.3 Å². The lowest BCUT2D eigenvalue weighted by Crippen LogP contribution is -2.40. The first-order valence-corrected chi connectivity index (χ1v) is 15.4. The fraction of sp³-hybridized carbons (Fsp3) is 0.935. The van der Waals surface area contributed by atoms with Gasteiger partial charge in [-0.1, -0.05) is 149 Å². The molecule has 0 aromatic heterocycles. The van der Waals surface area contributed by atoms with Crippen LogP contribution in [0.25, 0.3) is 0 Å². The SMILES string of the molecule is CCCCCCCCCCCCCCC(C)(OC(=O)CCCCCCCCCCCCC)C(=O)O. The Kier molecular flexibility index (Phi) is 23.9. The van der Waals surface area contributed by atoms with Crippen LogP contribution in [0.15, 0.2) is 0 Å². The molecule has 4 nitrogen and oxygen atoms in total. The van der Waals surface area contributed by atoms with Crippen LogP contribution in [-0.4, -0.2) is 22.6 Å². The van der Waals surface area contributed by atoms with Crippen molar-refractivity contribution in [3.05, 3.63) is 0 Å². The molecule has 0 fully saturated rings. The molecule has 0 aliphatic rings. The van der Waals surface area contributed by atoms with Gasteiger partial charge in [0, 0.05) is 6.42 Å². The van der Waals surface area contributed by atoms with E-state index in [-0.39, 0.29) is 5.97 Å². The molecule has 0 spiro atoms. The second kappa shape index (κ2) is 24.6. The third-order valence-electron chi connectivity index (χ3n) is 7.28. The van der Waals surface area contributed by atoms with Crippen molar-refractivity contribution in [1.29, 1.82) is 0 Å². The summed E-state index contributed by atoms with van der Waals surface area (Å²) in [6.07, 6.45) is 29.2. The van der Waals surface area contributed by atoms with Crippen molar-refractivity contribution in [3.8, 4) is 0 Å². The zero-order chi connectivity index (χ0) is 26.0. The van der Waals surface area contributed by atoms with Gasteiger partial charge in [-0.25, -0.2) is 4.79 Å². The predicted octanol–water partition coefficient (Wildman–Crippen LogP) is 10.2. The van der Waals surface area contributed by atoms with Crippen LogP contribution in [0.4, 0.5) is 0 Å². The molecule has 1 atom stereocenters. The van der Waals surface area contributed by atoms with Crippen LogP contribution in [0.2, 0.25) is 0 Å². The van der Waals surface area contributed by atoms with E-state index in [4.69, 9.17) is 4.74 Å². The minimum atomic E-state index is -1.38. The van der Waals surface area contributed by atoms with E-state index < -0.39 is 11.6 Å². The molecule has 208 valence electrons. The normalized spacial score (nSPS) is 13.0. The second-order valence-corrected chi connectivity index (χ2v) is 10.9. The molecule has 0 aromatic rings. The van der Waals surface area contributed by atoms with E-state index in [2.05, 4.69) is 13.8 Å². The zero-order valence-corrected chi connectivity index (χ0v) is 23.8. The first-order valence-electron chi connectivity index (χ1n) is 15.4. The first kappa shape index (κ1) is 33.9. The summed E-state index contributed by atoms with van der Waals surface area (Å²) in [5.74, 6) is -1.38. The van der Waals surface area contributed by atoms with Crippen molar-refractivity contribution in [1.82, 2.24) is 0 Å².